The fraction of sp³-hybridized carbons (Fsp3) is 1.00. The van der Waals surface area contributed by atoms with Crippen LogP contribution in [0.25, 0.3) is 0 Å². The molecule has 1 nitrogen and oxygen atoms in total. The molecule has 0 heterocycles. The molecule has 122 valence electrons. The van der Waals surface area contributed by atoms with Gasteiger partial charge in [0.25, 0.3) is 0 Å². The Morgan fingerprint density at radius 3 is 1.40 bits per heavy atom. The van der Waals surface area contributed by atoms with E-state index in [0.29, 0.717) is 0 Å². The van der Waals surface area contributed by atoms with E-state index < -0.39 is 0 Å². The lowest BCUT2D eigenvalue weighted by atomic mass is 9.60. The summed E-state index contributed by atoms with van der Waals surface area (Å²) in [5.74, 6) is 0. The van der Waals surface area contributed by atoms with Gasteiger partial charge >= 0.3 is 0 Å². The summed E-state index contributed by atoms with van der Waals surface area (Å²) in [6.07, 6.45) is 10.7. The summed E-state index contributed by atoms with van der Waals surface area (Å²) in [6, 6.07) is 0. The zero-order valence-corrected chi connectivity index (χ0v) is 15.6. The standard InChI is InChI=1S/C19H40O/c1-9-10-11-12-13-14-15-16-19(20-8,17(2,3)4)18(5,6)7/h9-16H2,1-8H3. The third-order valence-corrected chi connectivity index (χ3v) is 4.90. The van der Waals surface area contributed by atoms with Crippen molar-refractivity contribution in [1.29, 1.82) is 0 Å². The first kappa shape index (κ1) is 20.0. The number of rotatable bonds is 9. The molecular formula is C19H40O. The quantitative estimate of drug-likeness (QED) is 0.433. The highest BCUT2D eigenvalue weighted by Gasteiger charge is 2.50. The van der Waals surface area contributed by atoms with Gasteiger partial charge in [-0.2, -0.15) is 0 Å². The summed E-state index contributed by atoms with van der Waals surface area (Å²) in [5, 5.41) is 0. The lowest BCUT2D eigenvalue weighted by Gasteiger charge is -2.53. The molecule has 0 fully saturated rings. The summed E-state index contributed by atoms with van der Waals surface area (Å²) < 4.78 is 6.11. The van der Waals surface area contributed by atoms with E-state index in [0.717, 1.165) is 0 Å². The van der Waals surface area contributed by atoms with Crippen molar-refractivity contribution in [2.45, 2.75) is 105 Å². The van der Waals surface area contributed by atoms with Gasteiger partial charge in [-0.25, -0.2) is 0 Å². The van der Waals surface area contributed by atoms with Crippen LogP contribution >= 0.6 is 0 Å². The molecule has 0 atom stereocenters. The molecule has 0 unspecified atom stereocenters. The molecule has 0 bridgehead atoms. The maximum atomic E-state index is 6.11. The molecule has 0 aliphatic carbocycles. The van der Waals surface area contributed by atoms with Gasteiger partial charge in [0.15, 0.2) is 0 Å². The van der Waals surface area contributed by atoms with Gasteiger partial charge < -0.3 is 4.74 Å². The van der Waals surface area contributed by atoms with Gasteiger partial charge in [-0.15, -0.1) is 0 Å². The second-order valence-corrected chi connectivity index (χ2v) is 8.40. The Morgan fingerprint density at radius 1 is 0.650 bits per heavy atom. The van der Waals surface area contributed by atoms with Crippen molar-refractivity contribution < 1.29 is 4.74 Å². The molecule has 0 spiro atoms. The van der Waals surface area contributed by atoms with E-state index >= 15 is 0 Å². The molecule has 20 heavy (non-hydrogen) atoms. The summed E-state index contributed by atoms with van der Waals surface area (Å²) in [7, 11) is 1.90. The van der Waals surface area contributed by atoms with Crippen molar-refractivity contribution in [3.63, 3.8) is 0 Å². The van der Waals surface area contributed by atoms with Crippen LogP contribution in [0.3, 0.4) is 0 Å². The van der Waals surface area contributed by atoms with Crippen molar-refractivity contribution in [2.24, 2.45) is 10.8 Å². The van der Waals surface area contributed by atoms with Crippen LogP contribution < -0.4 is 0 Å². The third kappa shape index (κ3) is 5.39. The predicted octanol–water partition coefficient (Wildman–Crippen LogP) is 6.60. The minimum atomic E-state index is -0.0383. The average Bonchev–Trinajstić information content (AvgIpc) is 2.29. The Labute approximate surface area is 128 Å². The van der Waals surface area contributed by atoms with Gasteiger partial charge in [-0.05, 0) is 17.3 Å². The second-order valence-electron chi connectivity index (χ2n) is 8.40. The fourth-order valence-corrected chi connectivity index (χ4v) is 3.92. The fourth-order valence-electron chi connectivity index (χ4n) is 3.92. The summed E-state index contributed by atoms with van der Waals surface area (Å²) in [6.45, 7) is 16.2. The Morgan fingerprint density at radius 2 is 1.05 bits per heavy atom. The van der Waals surface area contributed by atoms with Gasteiger partial charge in [0.1, 0.15) is 0 Å². The van der Waals surface area contributed by atoms with Crippen molar-refractivity contribution in [3.8, 4) is 0 Å². The zero-order valence-electron chi connectivity index (χ0n) is 15.6. The molecule has 0 aliphatic rings. The number of hydrogen-bond donors (Lipinski definition) is 0. The molecule has 0 aromatic rings. The molecule has 0 aromatic heterocycles. The number of ether oxygens (including phenoxy) is 1. The van der Waals surface area contributed by atoms with Crippen molar-refractivity contribution >= 4 is 0 Å². The molecule has 0 rings (SSSR count). The van der Waals surface area contributed by atoms with Crippen LogP contribution in [0.4, 0.5) is 0 Å². The first-order valence-corrected chi connectivity index (χ1v) is 8.67. The highest BCUT2D eigenvalue weighted by atomic mass is 16.5. The predicted molar refractivity (Wildman–Crippen MR) is 91.3 cm³/mol. The van der Waals surface area contributed by atoms with Crippen LogP contribution in [0, 0.1) is 10.8 Å². The smallest absolute Gasteiger partial charge is 0.0774 e. The lowest BCUT2D eigenvalue weighted by Crippen LogP contribution is -2.54. The van der Waals surface area contributed by atoms with E-state index in [1.54, 1.807) is 0 Å². The van der Waals surface area contributed by atoms with Crippen LogP contribution in [-0.2, 0) is 4.74 Å². The van der Waals surface area contributed by atoms with Crippen LogP contribution in [0.2, 0.25) is 0 Å². The Hall–Kier alpha value is -0.0400. The number of unbranched alkanes of at least 4 members (excludes halogenated alkanes) is 6. The minimum absolute atomic E-state index is 0.0383. The minimum Gasteiger partial charge on any atom is -0.377 e. The largest absolute Gasteiger partial charge is 0.377 e. The first-order chi connectivity index (χ1) is 9.12. The molecule has 0 saturated carbocycles. The maximum absolute atomic E-state index is 6.11. The highest BCUT2D eigenvalue weighted by molar-refractivity contribution is 5.00. The van der Waals surface area contributed by atoms with Crippen LogP contribution in [0.1, 0.15) is 99.8 Å². The summed E-state index contributed by atoms with van der Waals surface area (Å²) >= 11 is 0. The van der Waals surface area contributed by atoms with Gasteiger partial charge in [0.05, 0.1) is 5.60 Å². The van der Waals surface area contributed by atoms with Crippen LogP contribution in [0.5, 0.6) is 0 Å². The summed E-state index contributed by atoms with van der Waals surface area (Å²) in [5.41, 5.74) is 0.299. The average molecular weight is 285 g/mol. The molecule has 0 saturated heterocycles. The SMILES string of the molecule is CCCCCCCCCC(OC)(C(C)(C)C)C(C)(C)C. The maximum Gasteiger partial charge on any atom is 0.0774 e. The van der Waals surface area contributed by atoms with Crippen molar-refractivity contribution in [1.82, 2.24) is 0 Å². The van der Waals surface area contributed by atoms with E-state index in [-0.39, 0.29) is 16.4 Å². The molecule has 0 aromatic carbocycles. The molecular weight excluding hydrogens is 244 g/mol. The second kappa shape index (κ2) is 8.41. The Bertz CT molecular complexity index is 227. The molecule has 0 radical (unpaired) electrons. The first-order valence-electron chi connectivity index (χ1n) is 8.67. The van der Waals surface area contributed by atoms with Crippen molar-refractivity contribution in [3.05, 3.63) is 0 Å². The Kier molecular flexibility index (Phi) is 8.40. The van der Waals surface area contributed by atoms with E-state index in [2.05, 4.69) is 48.5 Å². The van der Waals surface area contributed by atoms with Crippen LogP contribution in [-0.4, -0.2) is 12.7 Å². The lowest BCUT2D eigenvalue weighted by molar-refractivity contribution is -0.167. The summed E-state index contributed by atoms with van der Waals surface area (Å²) in [4.78, 5) is 0. The number of hydrogen-bond acceptors (Lipinski definition) is 1. The highest BCUT2D eigenvalue weighted by Crippen LogP contribution is 2.49. The topological polar surface area (TPSA) is 9.23 Å². The van der Waals surface area contributed by atoms with Crippen LogP contribution in [0.15, 0.2) is 0 Å². The number of methoxy groups -OCH3 is 1. The van der Waals surface area contributed by atoms with Crippen molar-refractivity contribution in [2.75, 3.05) is 7.11 Å². The monoisotopic (exact) mass is 284 g/mol. The normalized spacial score (nSPS) is 13.8. The van der Waals surface area contributed by atoms with E-state index in [9.17, 15) is 0 Å². The molecule has 0 amide bonds. The van der Waals surface area contributed by atoms with Gasteiger partial charge in [-0.1, -0.05) is 93.4 Å². The van der Waals surface area contributed by atoms with E-state index in [1.165, 1.54) is 51.4 Å². The van der Waals surface area contributed by atoms with Gasteiger partial charge in [0, 0.05) is 7.11 Å². The molecule has 0 N–H and O–H groups in total. The van der Waals surface area contributed by atoms with E-state index in [4.69, 9.17) is 4.74 Å². The van der Waals surface area contributed by atoms with Gasteiger partial charge in [0.2, 0.25) is 0 Å². The Balaban J connectivity index is 4.41. The van der Waals surface area contributed by atoms with E-state index in [1.807, 2.05) is 7.11 Å². The van der Waals surface area contributed by atoms with Gasteiger partial charge in [-0.3, -0.25) is 0 Å². The molecule has 1 heteroatoms. The zero-order chi connectivity index (χ0) is 15.9. The molecule has 0 aliphatic heterocycles. The third-order valence-electron chi connectivity index (χ3n) is 4.90.